The smallest absolute Gasteiger partial charge is 0.237 e. The molecule has 1 amide bonds. The lowest BCUT2D eigenvalue weighted by Gasteiger charge is -2.14. The van der Waals surface area contributed by atoms with Crippen LogP contribution in [0.1, 0.15) is 13.3 Å². The molecule has 0 aliphatic heterocycles. The number of hydrogen-bond acceptors (Lipinski definition) is 3. The fourth-order valence-electron chi connectivity index (χ4n) is 1.64. The lowest BCUT2D eigenvalue weighted by Crippen LogP contribution is -2.24. The number of halogens is 1. The fourth-order valence-corrected chi connectivity index (χ4v) is 2.81. The van der Waals surface area contributed by atoms with E-state index >= 15 is 0 Å². The minimum absolute atomic E-state index is 0.00507. The highest BCUT2D eigenvalue weighted by molar-refractivity contribution is 9.10. The summed E-state index contributed by atoms with van der Waals surface area (Å²) in [6.07, 6.45) is 2.49. The van der Waals surface area contributed by atoms with Crippen molar-refractivity contribution < 1.29 is 4.79 Å². The van der Waals surface area contributed by atoms with Crippen molar-refractivity contribution in [3.63, 3.8) is 0 Å². The molecule has 1 aromatic carbocycles. The Morgan fingerprint density at radius 1 is 1.30 bits per heavy atom. The van der Waals surface area contributed by atoms with Gasteiger partial charge in [0.05, 0.1) is 10.3 Å². The first-order valence-corrected chi connectivity index (χ1v) is 8.00. The molecule has 1 atom stereocenters. The Hall–Kier alpha value is -1.33. The number of benzene rings is 1. The molecule has 0 fully saturated rings. The Morgan fingerprint density at radius 3 is 2.65 bits per heavy atom. The van der Waals surface area contributed by atoms with Crippen molar-refractivity contribution in [1.29, 1.82) is 0 Å². The third kappa shape index (κ3) is 4.35. The largest absolute Gasteiger partial charge is 0.325 e. The molecule has 0 bridgehead atoms. The summed E-state index contributed by atoms with van der Waals surface area (Å²) in [6.45, 7) is 2.00. The average molecular weight is 351 g/mol. The van der Waals surface area contributed by atoms with Crippen LogP contribution in [-0.4, -0.2) is 16.1 Å². The summed E-state index contributed by atoms with van der Waals surface area (Å²) >= 11 is 4.86. The molecule has 1 N–H and O–H groups in total. The van der Waals surface area contributed by atoms with Crippen LogP contribution in [0.25, 0.3) is 0 Å². The number of amides is 1. The molecule has 2 aromatic rings. The second kappa shape index (κ2) is 7.45. The topological polar surface area (TPSA) is 42.0 Å². The van der Waals surface area contributed by atoms with Crippen LogP contribution in [0.2, 0.25) is 0 Å². The van der Waals surface area contributed by atoms with Gasteiger partial charge in [-0.15, -0.1) is 0 Å². The number of rotatable bonds is 5. The van der Waals surface area contributed by atoms with E-state index in [1.54, 1.807) is 6.20 Å². The average Bonchev–Trinajstić information content (AvgIpc) is 2.48. The van der Waals surface area contributed by atoms with Crippen LogP contribution in [-0.2, 0) is 4.79 Å². The zero-order valence-electron chi connectivity index (χ0n) is 11.0. The van der Waals surface area contributed by atoms with Crippen molar-refractivity contribution in [1.82, 2.24) is 4.98 Å². The van der Waals surface area contributed by atoms with Crippen molar-refractivity contribution in [2.24, 2.45) is 0 Å². The normalized spacial score (nSPS) is 11.9. The number of carbonyl (C=O) groups excluding carboxylic acids is 1. The Morgan fingerprint density at radius 2 is 2.05 bits per heavy atom. The number of nitrogens with zero attached hydrogens (tertiary/aromatic N) is 1. The Labute approximate surface area is 131 Å². The molecule has 20 heavy (non-hydrogen) atoms. The maximum absolute atomic E-state index is 12.3. The quantitative estimate of drug-likeness (QED) is 0.814. The van der Waals surface area contributed by atoms with Gasteiger partial charge in [-0.3, -0.25) is 4.79 Å². The molecule has 1 aromatic heterocycles. The van der Waals surface area contributed by atoms with Gasteiger partial charge >= 0.3 is 0 Å². The molecule has 1 heterocycles. The Kier molecular flexibility index (Phi) is 5.61. The predicted octanol–water partition coefficient (Wildman–Crippen LogP) is 4.35. The lowest BCUT2D eigenvalue weighted by atomic mass is 10.3. The Bertz CT molecular complexity index is 560. The monoisotopic (exact) mass is 350 g/mol. The summed E-state index contributed by atoms with van der Waals surface area (Å²) in [5.74, 6) is 0.00507. The summed E-state index contributed by atoms with van der Waals surface area (Å²) in [7, 11) is 0. The van der Waals surface area contributed by atoms with E-state index in [1.807, 2.05) is 49.4 Å². The van der Waals surface area contributed by atoms with Crippen molar-refractivity contribution in [2.45, 2.75) is 23.6 Å². The van der Waals surface area contributed by atoms with Crippen LogP contribution in [0.5, 0.6) is 0 Å². The summed E-state index contributed by atoms with van der Waals surface area (Å²) in [4.78, 5) is 16.5. The minimum atomic E-state index is -0.145. The van der Waals surface area contributed by atoms with Crippen LogP contribution in [0.4, 0.5) is 5.69 Å². The molecule has 0 spiro atoms. The van der Waals surface area contributed by atoms with Crippen LogP contribution < -0.4 is 5.32 Å². The van der Waals surface area contributed by atoms with Gasteiger partial charge in [0.25, 0.3) is 0 Å². The van der Waals surface area contributed by atoms with Crippen LogP contribution in [0, 0.1) is 0 Å². The highest BCUT2D eigenvalue weighted by Crippen LogP contribution is 2.24. The lowest BCUT2D eigenvalue weighted by molar-refractivity contribution is -0.115. The number of nitrogens with one attached hydrogen (secondary N) is 1. The Balaban J connectivity index is 2.00. The molecular formula is C15H15BrN2OS. The van der Waals surface area contributed by atoms with Gasteiger partial charge in [-0.1, -0.05) is 40.7 Å². The van der Waals surface area contributed by atoms with Gasteiger partial charge in [0.2, 0.25) is 5.91 Å². The van der Waals surface area contributed by atoms with Crippen molar-refractivity contribution >= 4 is 39.3 Å². The third-order valence-corrected chi connectivity index (χ3v) is 4.52. The van der Waals surface area contributed by atoms with E-state index in [9.17, 15) is 4.79 Å². The SMILES string of the molecule is CCC(Sc1ccccn1)C(=O)Nc1ccc(Br)cc1. The predicted molar refractivity (Wildman–Crippen MR) is 86.9 cm³/mol. The van der Waals surface area contributed by atoms with E-state index in [0.717, 1.165) is 21.6 Å². The number of anilines is 1. The van der Waals surface area contributed by atoms with E-state index in [-0.39, 0.29) is 11.2 Å². The third-order valence-electron chi connectivity index (χ3n) is 2.68. The maximum atomic E-state index is 12.3. The van der Waals surface area contributed by atoms with E-state index in [1.165, 1.54) is 11.8 Å². The summed E-state index contributed by atoms with van der Waals surface area (Å²) < 4.78 is 0.991. The molecule has 0 aliphatic carbocycles. The van der Waals surface area contributed by atoms with E-state index < -0.39 is 0 Å². The molecule has 0 saturated heterocycles. The molecule has 1 unspecified atom stereocenters. The van der Waals surface area contributed by atoms with Crippen molar-refractivity contribution in [2.75, 3.05) is 5.32 Å². The highest BCUT2D eigenvalue weighted by Gasteiger charge is 2.18. The summed E-state index contributed by atoms with van der Waals surface area (Å²) in [5.41, 5.74) is 0.804. The van der Waals surface area contributed by atoms with Crippen molar-refractivity contribution in [3.8, 4) is 0 Å². The highest BCUT2D eigenvalue weighted by atomic mass is 79.9. The second-order valence-electron chi connectivity index (χ2n) is 4.18. The number of aromatic nitrogens is 1. The molecule has 5 heteroatoms. The van der Waals surface area contributed by atoms with Gasteiger partial charge in [0.15, 0.2) is 0 Å². The van der Waals surface area contributed by atoms with Gasteiger partial charge in [-0.25, -0.2) is 4.98 Å². The number of carbonyl (C=O) groups is 1. The minimum Gasteiger partial charge on any atom is -0.325 e. The van der Waals surface area contributed by atoms with E-state index in [4.69, 9.17) is 0 Å². The van der Waals surface area contributed by atoms with E-state index in [0.29, 0.717) is 0 Å². The first kappa shape index (κ1) is 15.1. The van der Waals surface area contributed by atoms with Crippen molar-refractivity contribution in [3.05, 3.63) is 53.1 Å². The number of thioether (sulfide) groups is 1. The van der Waals surface area contributed by atoms with Gasteiger partial charge in [-0.2, -0.15) is 0 Å². The van der Waals surface area contributed by atoms with Crippen LogP contribution >= 0.6 is 27.7 Å². The molecule has 0 radical (unpaired) electrons. The number of pyridine rings is 1. The molecule has 104 valence electrons. The maximum Gasteiger partial charge on any atom is 0.237 e. The second-order valence-corrected chi connectivity index (χ2v) is 6.32. The van der Waals surface area contributed by atoms with Gasteiger partial charge in [-0.05, 0) is 42.8 Å². The fraction of sp³-hybridized carbons (Fsp3) is 0.200. The van der Waals surface area contributed by atoms with E-state index in [2.05, 4.69) is 26.2 Å². The standard InChI is InChI=1S/C15H15BrN2OS/c1-2-13(20-14-5-3-4-10-17-14)15(19)18-12-8-6-11(16)7-9-12/h3-10,13H,2H2,1H3,(H,18,19). The molecule has 3 nitrogen and oxygen atoms in total. The van der Waals surface area contributed by atoms with Gasteiger partial charge < -0.3 is 5.32 Å². The van der Waals surface area contributed by atoms with Crippen LogP contribution in [0.15, 0.2) is 58.2 Å². The first-order valence-electron chi connectivity index (χ1n) is 6.33. The van der Waals surface area contributed by atoms with Crippen LogP contribution in [0.3, 0.4) is 0 Å². The number of hydrogen-bond donors (Lipinski definition) is 1. The molecule has 0 aliphatic rings. The summed E-state index contributed by atoms with van der Waals surface area (Å²) in [5, 5.41) is 3.65. The zero-order chi connectivity index (χ0) is 14.4. The first-order chi connectivity index (χ1) is 9.69. The molecule has 0 saturated carbocycles. The molecular weight excluding hydrogens is 336 g/mol. The summed E-state index contributed by atoms with van der Waals surface area (Å²) in [6, 6.07) is 13.3. The van der Waals surface area contributed by atoms with Gasteiger partial charge in [0, 0.05) is 16.4 Å². The molecule has 2 rings (SSSR count). The zero-order valence-corrected chi connectivity index (χ0v) is 13.4. The van der Waals surface area contributed by atoms with Gasteiger partial charge in [0.1, 0.15) is 0 Å².